The second-order valence-corrected chi connectivity index (χ2v) is 14.7. The Balaban J connectivity index is 0.000000821. The van der Waals surface area contributed by atoms with Gasteiger partial charge in [0.05, 0.1) is 6.10 Å². The molecule has 0 bridgehead atoms. The van der Waals surface area contributed by atoms with Crippen LogP contribution in [0.1, 0.15) is 113 Å². The highest BCUT2D eigenvalue weighted by molar-refractivity contribution is 5.32. The van der Waals surface area contributed by atoms with E-state index in [4.69, 9.17) is 9.90 Å². The van der Waals surface area contributed by atoms with E-state index in [0.717, 1.165) is 24.2 Å². The molecule has 0 aromatic rings. The maximum atomic E-state index is 10.8. The van der Waals surface area contributed by atoms with E-state index < -0.39 is 0 Å². The number of hydrogen-bond acceptors (Lipinski definition) is 2. The zero-order chi connectivity index (χ0) is 24.4. The molecule has 0 radical (unpaired) electrons. The molecular weight excluding hydrogens is 408 g/mol. The van der Waals surface area contributed by atoms with E-state index >= 15 is 0 Å². The van der Waals surface area contributed by atoms with Gasteiger partial charge in [-0.15, -0.1) is 0 Å². The Bertz CT molecular complexity index is 796. The van der Waals surface area contributed by atoms with E-state index in [1.54, 1.807) is 0 Å². The van der Waals surface area contributed by atoms with Gasteiger partial charge in [0.25, 0.3) is 6.47 Å². The third kappa shape index (κ3) is 3.74. The number of carbonyl (C=O) groups is 1. The van der Waals surface area contributed by atoms with Gasteiger partial charge in [-0.25, -0.2) is 0 Å². The quantitative estimate of drug-likeness (QED) is 0.292. The first-order valence-corrected chi connectivity index (χ1v) is 13.7. The summed E-state index contributed by atoms with van der Waals surface area (Å²) >= 11 is 0. The summed E-state index contributed by atoms with van der Waals surface area (Å²) in [4.78, 5) is 8.36. The molecule has 0 heterocycles. The predicted molar refractivity (Wildman–Crippen MR) is 135 cm³/mol. The molecule has 2 N–H and O–H groups in total. The molecule has 8 unspecified atom stereocenters. The SMILES string of the molecule is CC1(C)CCC2(C)CCC3C(=CCC4C3(C)CCC3C(C)(C)C(O)CCC34C)C2C1.O=CO. The van der Waals surface area contributed by atoms with Gasteiger partial charge in [0.2, 0.25) is 0 Å². The van der Waals surface area contributed by atoms with Gasteiger partial charge in [0.15, 0.2) is 0 Å². The standard InChI is InChI=1S/C29H48O.CH2O2/c1-25(2)16-17-27(5)13-10-20-19(21(27)18-25)8-9-23-28(20,6)14-11-22-26(3,4)24(30)12-15-29(22,23)7;2-1-3/h8,20-24,30H,9-18H2,1-7H3;1H,(H,2,3). The highest BCUT2D eigenvalue weighted by Crippen LogP contribution is 2.71. The molecule has 0 saturated heterocycles. The molecule has 0 aromatic carbocycles. The van der Waals surface area contributed by atoms with E-state index in [-0.39, 0.29) is 18.0 Å². The van der Waals surface area contributed by atoms with Crippen molar-refractivity contribution in [2.24, 2.45) is 50.7 Å². The minimum atomic E-state index is -0.250. The van der Waals surface area contributed by atoms with Crippen molar-refractivity contribution in [3.63, 3.8) is 0 Å². The summed E-state index contributed by atoms with van der Waals surface area (Å²) in [5, 5.41) is 17.7. The number of rotatable bonds is 0. The van der Waals surface area contributed by atoms with E-state index in [1.165, 1.54) is 57.8 Å². The minimum absolute atomic E-state index is 0.0663. The number of hydrogen-bond donors (Lipinski definition) is 2. The predicted octanol–water partition coefficient (Wildman–Crippen LogP) is 7.48. The van der Waals surface area contributed by atoms with Crippen molar-refractivity contribution in [2.45, 2.75) is 119 Å². The molecular formula is C30H50O3. The average molecular weight is 459 g/mol. The molecule has 188 valence electrons. The lowest BCUT2D eigenvalue weighted by Gasteiger charge is -2.68. The Morgan fingerprint density at radius 2 is 1.45 bits per heavy atom. The Morgan fingerprint density at radius 1 is 0.818 bits per heavy atom. The second kappa shape index (κ2) is 8.10. The molecule has 8 atom stereocenters. The van der Waals surface area contributed by atoms with Gasteiger partial charge in [-0.3, -0.25) is 4.79 Å². The van der Waals surface area contributed by atoms with Crippen molar-refractivity contribution in [1.82, 2.24) is 0 Å². The van der Waals surface area contributed by atoms with E-state index in [2.05, 4.69) is 54.5 Å². The Morgan fingerprint density at radius 3 is 2.12 bits per heavy atom. The van der Waals surface area contributed by atoms with E-state index in [0.29, 0.717) is 27.6 Å². The summed E-state index contributed by atoms with van der Waals surface area (Å²) in [6, 6.07) is 0. The van der Waals surface area contributed by atoms with Gasteiger partial charge in [0, 0.05) is 0 Å². The van der Waals surface area contributed by atoms with Crippen molar-refractivity contribution in [1.29, 1.82) is 0 Å². The lowest BCUT2D eigenvalue weighted by atomic mass is 9.37. The largest absolute Gasteiger partial charge is 0.483 e. The maximum Gasteiger partial charge on any atom is 0.290 e. The average Bonchev–Trinajstić information content (AvgIpc) is 2.72. The summed E-state index contributed by atoms with van der Waals surface area (Å²) in [6.07, 6.45) is 16.0. The van der Waals surface area contributed by atoms with Crippen LogP contribution in [0.2, 0.25) is 0 Å². The first-order chi connectivity index (χ1) is 15.2. The number of fused-ring (bicyclic) bond motifs is 7. The van der Waals surface area contributed by atoms with Crippen LogP contribution in [0.5, 0.6) is 0 Å². The van der Waals surface area contributed by atoms with Crippen LogP contribution in [0.25, 0.3) is 0 Å². The fraction of sp³-hybridized carbons (Fsp3) is 0.900. The van der Waals surface area contributed by atoms with Crippen molar-refractivity contribution < 1.29 is 15.0 Å². The number of aliphatic hydroxyl groups excluding tert-OH is 1. The molecule has 5 aliphatic carbocycles. The van der Waals surface area contributed by atoms with Crippen molar-refractivity contribution in [3.05, 3.63) is 11.6 Å². The number of allylic oxidation sites excluding steroid dienone is 2. The summed E-state index contributed by atoms with van der Waals surface area (Å²) in [6.45, 7) is 17.5. The normalized spacial score (nSPS) is 49.6. The van der Waals surface area contributed by atoms with Gasteiger partial charge in [-0.1, -0.05) is 60.1 Å². The molecule has 33 heavy (non-hydrogen) atoms. The lowest BCUT2D eigenvalue weighted by molar-refractivity contribution is -0.185. The first kappa shape index (κ1) is 25.3. The van der Waals surface area contributed by atoms with Crippen molar-refractivity contribution in [2.75, 3.05) is 0 Å². The van der Waals surface area contributed by atoms with Crippen LogP contribution in [0.3, 0.4) is 0 Å². The molecule has 3 nitrogen and oxygen atoms in total. The van der Waals surface area contributed by atoms with Crippen LogP contribution < -0.4 is 0 Å². The van der Waals surface area contributed by atoms with Crippen LogP contribution in [-0.2, 0) is 4.79 Å². The zero-order valence-corrected chi connectivity index (χ0v) is 22.4. The molecule has 5 aliphatic rings. The Kier molecular flexibility index (Phi) is 6.21. The minimum Gasteiger partial charge on any atom is -0.483 e. The highest BCUT2D eigenvalue weighted by atomic mass is 16.3. The molecule has 4 fully saturated rings. The van der Waals surface area contributed by atoms with Crippen LogP contribution in [0.4, 0.5) is 0 Å². The van der Waals surface area contributed by atoms with Crippen LogP contribution in [-0.4, -0.2) is 22.8 Å². The van der Waals surface area contributed by atoms with Gasteiger partial charge in [0.1, 0.15) is 0 Å². The third-order valence-corrected chi connectivity index (χ3v) is 12.2. The molecule has 3 heteroatoms. The Labute approximate surface area is 202 Å². The summed E-state index contributed by atoms with van der Waals surface area (Å²) in [5.41, 5.74) is 3.89. The van der Waals surface area contributed by atoms with Crippen LogP contribution in [0, 0.1) is 50.7 Å². The molecule has 5 rings (SSSR count). The number of carboxylic acid groups (broad SMARTS) is 1. The summed E-state index contributed by atoms with van der Waals surface area (Å²) < 4.78 is 0. The molecule has 4 saturated carbocycles. The van der Waals surface area contributed by atoms with Gasteiger partial charge < -0.3 is 10.2 Å². The van der Waals surface area contributed by atoms with Gasteiger partial charge >= 0.3 is 0 Å². The second-order valence-electron chi connectivity index (χ2n) is 14.7. The first-order valence-electron chi connectivity index (χ1n) is 13.7. The van der Waals surface area contributed by atoms with E-state index in [9.17, 15) is 5.11 Å². The van der Waals surface area contributed by atoms with E-state index in [1.807, 2.05) is 5.57 Å². The molecule has 0 aromatic heterocycles. The topological polar surface area (TPSA) is 57.5 Å². The summed E-state index contributed by atoms with van der Waals surface area (Å²) in [5.74, 6) is 3.11. The Hall–Kier alpha value is -0.830. The monoisotopic (exact) mass is 458 g/mol. The fourth-order valence-corrected chi connectivity index (χ4v) is 10.2. The van der Waals surface area contributed by atoms with Crippen LogP contribution >= 0.6 is 0 Å². The number of aliphatic hydroxyl groups is 1. The smallest absolute Gasteiger partial charge is 0.290 e. The fourth-order valence-electron chi connectivity index (χ4n) is 10.2. The van der Waals surface area contributed by atoms with Gasteiger partial charge in [-0.05, 0) is 115 Å². The lowest BCUT2D eigenvalue weighted by Crippen LogP contribution is -2.61. The van der Waals surface area contributed by atoms with Crippen molar-refractivity contribution in [3.8, 4) is 0 Å². The molecule has 0 aliphatic heterocycles. The van der Waals surface area contributed by atoms with Crippen LogP contribution in [0.15, 0.2) is 11.6 Å². The maximum absolute atomic E-state index is 10.8. The van der Waals surface area contributed by atoms with Crippen molar-refractivity contribution >= 4 is 6.47 Å². The van der Waals surface area contributed by atoms with Gasteiger partial charge in [-0.2, -0.15) is 0 Å². The zero-order valence-electron chi connectivity index (χ0n) is 22.4. The highest BCUT2D eigenvalue weighted by Gasteiger charge is 2.64. The summed E-state index contributed by atoms with van der Waals surface area (Å²) in [7, 11) is 0. The third-order valence-electron chi connectivity index (χ3n) is 12.2. The molecule has 0 spiro atoms. The molecule has 0 amide bonds.